The minimum atomic E-state index is -0.178. The highest BCUT2D eigenvalue weighted by Gasteiger charge is 2.05. The third kappa shape index (κ3) is 2.39. The molecule has 11 heavy (non-hydrogen) atoms. The van der Waals surface area contributed by atoms with E-state index in [2.05, 4.69) is 54.5 Å². The van der Waals surface area contributed by atoms with Gasteiger partial charge in [-0.1, -0.05) is 15.9 Å². The van der Waals surface area contributed by atoms with Crippen molar-refractivity contribution in [2.24, 2.45) is 0 Å². The quantitative estimate of drug-likeness (QED) is 0.383. The summed E-state index contributed by atoms with van der Waals surface area (Å²) in [6.07, 6.45) is 0. The van der Waals surface area contributed by atoms with Crippen molar-refractivity contribution < 1.29 is 4.39 Å². The second-order valence-electron chi connectivity index (χ2n) is 1.99. The lowest BCUT2D eigenvalue weighted by atomic mass is 10.2. The summed E-state index contributed by atoms with van der Waals surface area (Å²) in [7, 11) is 0. The van der Waals surface area contributed by atoms with E-state index in [0.29, 0.717) is 15.4 Å². The lowest BCUT2D eigenvalue weighted by Crippen LogP contribution is -1.88. The Hall–Kier alpha value is 0.840. The van der Waals surface area contributed by atoms with Crippen LogP contribution in [-0.2, 0) is 5.33 Å². The van der Waals surface area contributed by atoms with Gasteiger partial charge in [0.2, 0.25) is 0 Å². The molecular weight excluding hydrogens is 390 g/mol. The maximum atomic E-state index is 13.1. The van der Waals surface area contributed by atoms with Crippen LogP contribution in [0.15, 0.2) is 16.6 Å². The molecular formula is C7H4Br2FI. The van der Waals surface area contributed by atoms with Crippen LogP contribution < -0.4 is 0 Å². The highest BCUT2D eigenvalue weighted by molar-refractivity contribution is 14.1. The van der Waals surface area contributed by atoms with Crippen molar-refractivity contribution in [1.29, 1.82) is 0 Å². The molecule has 1 rings (SSSR count). The zero-order chi connectivity index (χ0) is 8.43. The van der Waals surface area contributed by atoms with Crippen LogP contribution in [0.1, 0.15) is 5.56 Å². The Labute approximate surface area is 95.0 Å². The second kappa shape index (κ2) is 4.18. The maximum Gasteiger partial charge on any atom is 0.141 e. The Bertz CT molecular complexity index is 275. The number of rotatable bonds is 1. The molecule has 0 nitrogen and oxygen atoms in total. The van der Waals surface area contributed by atoms with Crippen LogP contribution in [-0.4, -0.2) is 0 Å². The summed E-state index contributed by atoms with van der Waals surface area (Å²) in [4.78, 5) is 0. The molecule has 1 aromatic rings. The van der Waals surface area contributed by atoms with Gasteiger partial charge in [0.15, 0.2) is 0 Å². The Morgan fingerprint density at radius 3 is 2.64 bits per heavy atom. The molecule has 0 fully saturated rings. The Morgan fingerprint density at radius 2 is 2.09 bits per heavy atom. The first-order valence-corrected chi connectivity index (χ1v) is 5.84. The standard InChI is InChI=1S/C7H4Br2FI/c8-3-4-1-5(11)2-6(9)7(4)10/h1-2H,3H2. The van der Waals surface area contributed by atoms with E-state index in [9.17, 15) is 4.39 Å². The molecule has 0 heterocycles. The van der Waals surface area contributed by atoms with Crippen LogP contribution in [0.2, 0.25) is 0 Å². The summed E-state index contributed by atoms with van der Waals surface area (Å²) in [5.74, 6) is -0.178. The first-order valence-electron chi connectivity index (χ1n) is 2.84. The number of alkyl halides is 1. The zero-order valence-electron chi connectivity index (χ0n) is 5.37. The molecule has 0 bridgehead atoms. The van der Waals surface area contributed by atoms with Gasteiger partial charge in [0.05, 0.1) is 4.47 Å². The molecule has 0 saturated carbocycles. The molecule has 0 spiro atoms. The SMILES string of the molecule is Fc1c(Br)cc(I)cc1CBr. The van der Waals surface area contributed by atoms with E-state index in [1.807, 2.05) is 6.07 Å². The molecule has 0 atom stereocenters. The Morgan fingerprint density at radius 1 is 1.45 bits per heavy atom. The van der Waals surface area contributed by atoms with E-state index < -0.39 is 0 Å². The van der Waals surface area contributed by atoms with Crippen molar-refractivity contribution in [2.75, 3.05) is 0 Å². The van der Waals surface area contributed by atoms with Crippen LogP contribution in [0, 0.1) is 9.39 Å². The maximum absolute atomic E-state index is 13.1. The molecule has 0 radical (unpaired) electrons. The number of halogens is 4. The summed E-state index contributed by atoms with van der Waals surface area (Å²) in [6, 6.07) is 3.57. The van der Waals surface area contributed by atoms with E-state index >= 15 is 0 Å². The van der Waals surface area contributed by atoms with E-state index in [1.165, 1.54) is 0 Å². The van der Waals surface area contributed by atoms with Crippen LogP contribution in [0.4, 0.5) is 4.39 Å². The third-order valence-corrected chi connectivity index (χ3v) is 3.02. The number of benzene rings is 1. The van der Waals surface area contributed by atoms with E-state index in [0.717, 1.165) is 3.57 Å². The van der Waals surface area contributed by atoms with Crippen LogP contribution >= 0.6 is 54.5 Å². The van der Waals surface area contributed by atoms with Crippen LogP contribution in [0.25, 0.3) is 0 Å². The monoisotopic (exact) mass is 392 g/mol. The first kappa shape index (κ1) is 9.92. The number of hydrogen-bond acceptors (Lipinski definition) is 0. The smallest absolute Gasteiger partial charge is 0.141 e. The fourth-order valence-corrected chi connectivity index (χ4v) is 2.73. The van der Waals surface area contributed by atoms with Gasteiger partial charge in [-0.25, -0.2) is 4.39 Å². The van der Waals surface area contributed by atoms with Crippen molar-refractivity contribution in [3.05, 3.63) is 31.6 Å². The molecule has 1 aromatic carbocycles. The molecule has 0 unspecified atom stereocenters. The lowest BCUT2D eigenvalue weighted by molar-refractivity contribution is 0.610. The van der Waals surface area contributed by atoms with Gasteiger partial charge in [-0.2, -0.15) is 0 Å². The fraction of sp³-hybridized carbons (Fsp3) is 0.143. The van der Waals surface area contributed by atoms with Gasteiger partial charge >= 0.3 is 0 Å². The molecule has 0 amide bonds. The zero-order valence-corrected chi connectivity index (χ0v) is 10.7. The largest absolute Gasteiger partial charge is 0.205 e. The van der Waals surface area contributed by atoms with Gasteiger partial charge in [-0.3, -0.25) is 0 Å². The van der Waals surface area contributed by atoms with Crippen molar-refractivity contribution in [3.63, 3.8) is 0 Å². The molecule has 0 aromatic heterocycles. The lowest BCUT2D eigenvalue weighted by Gasteiger charge is -2.01. The van der Waals surface area contributed by atoms with E-state index in [4.69, 9.17) is 0 Å². The van der Waals surface area contributed by atoms with Gasteiger partial charge < -0.3 is 0 Å². The fourth-order valence-electron chi connectivity index (χ4n) is 0.707. The van der Waals surface area contributed by atoms with E-state index in [-0.39, 0.29) is 5.82 Å². The second-order valence-corrected chi connectivity index (χ2v) is 4.66. The summed E-state index contributed by atoms with van der Waals surface area (Å²) in [5, 5.41) is 0.550. The summed E-state index contributed by atoms with van der Waals surface area (Å²) < 4.78 is 14.7. The summed E-state index contributed by atoms with van der Waals surface area (Å²) in [5.41, 5.74) is 0.684. The van der Waals surface area contributed by atoms with Crippen LogP contribution in [0.5, 0.6) is 0 Å². The third-order valence-electron chi connectivity index (χ3n) is 1.21. The van der Waals surface area contributed by atoms with Crippen molar-refractivity contribution in [2.45, 2.75) is 5.33 Å². The average molecular weight is 394 g/mol. The summed E-state index contributed by atoms with van der Waals surface area (Å²) >= 11 is 8.50. The summed E-state index contributed by atoms with van der Waals surface area (Å²) in [6.45, 7) is 0. The Kier molecular flexibility index (Phi) is 3.77. The highest BCUT2D eigenvalue weighted by Crippen LogP contribution is 2.23. The molecule has 0 aliphatic rings. The highest BCUT2D eigenvalue weighted by atomic mass is 127. The van der Waals surface area contributed by atoms with Crippen LogP contribution in [0.3, 0.4) is 0 Å². The predicted octanol–water partition coefficient (Wildman–Crippen LogP) is 4.09. The molecule has 60 valence electrons. The predicted molar refractivity (Wildman–Crippen MR) is 59.4 cm³/mol. The Balaban J connectivity index is 3.24. The normalized spacial score (nSPS) is 10.2. The van der Waals surface area contributed by atoms with Crippen molar-refractivity contribution in [1.82, 2.24) is 0 Å². The molecule has 4 heteroatoms. The average Bonchev–Trinajstić information content (AvgIpc) is 1.96. The minimum absolute atomic E-state index is 0.178. The van der Waals surface area contributed by atoms with Gasteiger partial charge in [0.1, 0.15) is 5.82 Å². The van der Waals surface area contributed by atoms with Crippen molar-refractivity contribution >= 4 is 54.5 Å². The molecule has 0 aliphatic carbocycles. The first-order chi connectivity index (χ1) is 5.15. The molecule has 0 N–H and O–H groups in total. The minimum Gasteiger partial charge on any atom is -0.205 e. The van der Waals surface area contributed by atoms with Gasteiger partial charge in [0, 0.05) is 14.5 Å². The van der Waals surface area contributed by atoms with Crippen molar-refractivity contribution in [3.8, 4) is 0 Å². The topological polar surface area (TPSA) is 0 Å². The van der Waals surface area contributed by atoms with E-state index in [1.54, 1.807) is 6.07 Å². The number of hydrogen-bond donors (Lipinski definition) is 0. The van der Waals surface area contributed by atoms with Gasteiger partial charge in [-0.15, -0.1) is 0 Å². The van der Waals surface area contributed by atoms with Gasteiger partial charge in [0.25, 0.3) is 0 Å². The molecule has 0 saturated heterocycles. The van der Waals surface area contributed by atoms with Gasteiger partial charge in [-0.05, 0) is 50.7 Å². The molecule has 0 aliphatic heterocycles.